The van der Waals surface area contributed by atoms with Crippen LogP contribution < -0.4 is 5.32 Å². The quantitative estimate of drug-likeness (QED) is 0.427. The topological polar surface area (TPSA) is 102 Å². The van der Waals surface area contributed by atoms with Crippen LogP contribution in [0.4, 0.5) is 5.69 Å². The summed E-state index contributed by atoms with van der Waals surface area (Å²) >= 11 is 0. The number of benzene rings is 1. The summed E-state index contributed by atoms with van der Waals surface area (Å²) in [6.07, 6.45) is 4.75. The van der Waals surface area contributed by atoms with Crippen molar-refractivity contribution in [2.45, 2.75) is 84.2 Å². The van der Waals surface area contributed by atoms with Crippen molar-refractivity contribution in [1.82, 2.24) is 5.16 Å². The molecule has 0 radical (unpaired) electrons. The van der Waals surface area contributed by atoms with Gasteiger partial charge in [0.15, 0.2) is 0 Å². The van der Waals surface area contributed by atoms with Crippen molar-refractivity contribution in [2.75, 3.05) is 11.9 Å². The second kappa shape index (κ2) is 10.3. The number of carboxylic acid groups (broad SMARTS) is 1. The molecule has 0 spiro atoms. The predicted molar refractivity (Wildman–Crippen MR) is 129 cm³/mol. The molecule has 184 valence electrons. The van der Waals surface area contributed by atoms with E-state index in [2.05, 4.69) is 24.3 Å². The fourth-order valence-corrected chi connectivity index (χ4v) is 5.17. The van der Waals surface area contributed by atoms with E-state index >= 15 is 0 Å². The van der Waals surface area contributed by atoms with Crippen LogP contribution >= 0.6 is 0 Å². The molecule has 1 heterocycles. The van der Waals surface area contributed by atoms with Crippen LogP contribution in [0, 0.1) is 25.7 Å². The molecule has 34 heavy (non-hydrogen) atoms. The number of aryl methyl sites for hydroxylation is 2. The number of carbonyl (C=O) groups is 2. The molecule has 1 aromatic heterocycles. The third-order valence-corrected chi connectivity index (χ3v) is 6.92. The van der Waals surface area contributed by atoms with Crippen LogP contribution in [0.1, 0.15) is 98.5 Å². The van der Waals surface area contributed by atoms with E-state index in [-0.39, 0.29) is 12.3 Å². The number of rotatable bonds is 11. The number of carboxylic acids is 1. The first-order valence-electron chi connectivity index (χ1n) is 12.4. The van der Waals surface area contributed by atoms with E-state index in [1.165, 1.54) is 6.42 Å². The van der Waals surface area contributed by atoms with E-state index in [0.717, 1.165) is 53.8 Å². The number of amides is 1. The summed E-state index contributed by atoms with van der Waals surface area (Å²) in [7, 11) is 0. The number of aliphatic carboxylic acids is 1. The molecule has 0 aliphatic heterocycles. The SMILES string of the molecule is Cc1ccc(NC(=O)CC(OCC(=O)O)c2noc(C3CC(CC(C)C)C3)c2C2CC2)c(C)c1. The Labute approximate surface area is 201 Å². The molecule has 2 aliphatic carbocycles. The second-order valence-corrected chi connectivity index (χ2v) is 10.5. The molecule has 1 atom stereocenters. The van der Waals surface area contributed by atoms with Gasteiger partial charge < -0.3 is 19.7 Å². The smallest absolute Gasteiger partial charge is 0.329 e. The molecule has 2 aliphatic rings. The molecule has 7 nitrogen and oxygen atoms in total. The van der Waals surface area contributed by atoms with Gasteiger partial charge in [0, 0.05) is 17.2 Å². The van der Waals surface area contributed by atoms with Crippen LogP contribution in [0.15, 0.2) is 22.7 Å². The average molecular weight is 469 g/mol. The highest BCUT2D eigenvalue weighted by atomic mass is 16.5. The number of ether oxygens (including phenoxy) is 1. The normalized spacial score (nSPS) is 20.7. The number of carbonyl (C=O) groups excluding carboxylic acids is 1. The molecule has 1 aromatic carbocycles. The average Bonchev–Trinajstić information content (AvgIpc) is 3.48. The van der Waals surface area contributed by atoms with Gasteiger partial charge in [-0.3, -0.25) is 4.79 Å². The summed E-state index contributed by atoms with van der Waals surface area (Å²) in [6, 6.07) is 5.83. The van der Waals surface area contributed by atoms with E-state index in [0.29, 0.717) is 29.4 Å². The zero-order valence-electron chi connectivity index (χ0n) is 20.6. The molecule has 2 fully saturated rings. The van der Waals surface area contributed by atoms with Gasteiger partial charge in [-0.05, 0) is 75.3 Å². The fourth-order valence-electron chi connectivity index (χ4n) is 5.17. The highest BCUT2D eigenvalue weighted by molar-refractivity contribution is 5.92. The first-order valence-corrected chi connectivity index (χ1v) is 12.4. The molecule has 2 aromatic rings. The highest BCUT2D eigenvalue weighted by Crippen LogP contribution is 2.52. The summed E-state index contributed by atoms with van der Waals surface area (Å²) < 4.78 is 11.6. The van der Waals surface area contributed by atoms with Gasteiger partial charge in [-0.2, -0.15) is 0 Å². The van der Waals surface area contributed by atoms with Crippen molar-refractivity contribution >= 4 is 17.6 Å². The lowest BCUT2D eigenvalue weighted by atomic mass is 9.69. The zero-order valence-corrected chi connectivity index (χ0v) is 20.6. The fraction of sp³-hybridized carbons (Fsp3) is 0.593. The summed E-state index contributed by atoms with van der Waals surface area (Å²) in [4.78, 5) is 24.2. The molecular formula is C27H36N2O5. The minimum Gasteiger partial charge on any atom is -0.480 e. The number of hydrogen-bond donors (Lipinski definition) is 2. The summed E-state index contributed by atoms with van der Waals surface area (Å²) in [6.45, 7) is 7.96. The van der Waals surface area contributed by atoms with Gasteiger partial charge in [-0.1, -0.05) is 36.7 Å². The zero-order chi connectivity index (χ0) is 24.4. The van der Waals surface area contributed by atoms with Gasteiger partial charge in [-0.25, -0.2) is 4.79 Å². The van der Waals surface area contributed by atoms with Crippen LogP contribution in [-0.4, -0.2) is 28.7 Å². The predicted octanol–water partition coefficient (Wildman–Crippen LogP) is 5.88. The minimum atomic E-state index is -1.08. The molecule has 7 heteroatoms. The van der Waals surface area contributed by atoms with E-state index in [4.69, 9.17) is 9.26 Å². The van der Waals surface area contributed by atoms with Crippen LogP contribution in [0.2, 0.25) is 0 Å². The van der Waals surface area contributed by atoms with E-state index in [1.54, 1.807) is 0 Å². The maximum absolute atomic E-state index is 12.9. The summed E-state index contributed by atoms with van der Waals surface area (Å²) in [5, 5.41) is 16.5. The minimum absolute atomic E-state index is 0.0209. The van der Waals surface area contributed by atoms with Gasteiger partial charge >= 0.3 is 5.97 Å². The number of nitrogens with one attached hydrogen (secondary N) is 1. The molecular weight excluding hydrogens is 432 g/mol. The van der Waals surface area contributed by atoms with Crippen LogP contribution in [0.3, 0.4) is 0 Å². The Bertz CT molecular complexity index is 1030. The first-order chi connectivity index (χ1) is 16.2. The Morgan fingerprint density at radius 3 is 2.56 bits per heavy atom. The van der Waals surface area contributed by atoms with Crippen molar-refractivity contribution in [3.8, 4) is 0 Å². The molecule has 1 unspecified atom stereocenters. The third kappa shape index (κ3) is 5.87. The molecule has 0 bridgehead atoms. The summed E-state index contributed by atoms with van der Waals surface area (Å²) in [5.41, 5.74) is 4.49. The Morgan fingerprint density at radius 1 is 1.21 bits per heavy atom. The van der Waals surface area contributed by atoms with Crippen LogP contribution in [0.25, 0.3) is 0 Å². The molecule has 0 saturated heterocycles. The van der Waals surface area contributed by atoms with Crippen LogP contribution in [-0.2, 0) is 14.3 Å². The highest BCUT2D eigenvalue weighted by Gasteiger charge is 2.42. The van der Waals surface area contributed by atoms with Crippen molar-refractivity contribution in [3.63, 3.8) is 0 Å². The number of anilines is 1. The lowest BCUT2D eigenvalue weighted by Gasteiger charge is -2.35. The van der Waals surface area contributed by atoms with Crippen molar-refractivity contribution in [3.05, 3.63) is 46.3 Å². The largest absolute Gasteiger partial charge is 0.480 e. The van der Waals surface area contributed by atoms with Gasteiger partial charge in [0.05, 0.1) is 6.42 Å². The monoisotopic (exact) mass is 468 g/mol. The van der Waals surface area contributed by atoms with Gasteiger partial charge in [0.25, 0.3) is 0 Å². The second-order valence-electron chi connectivity index (χ2n) is 10.5. The van der Waals surface area contributed by atoms with Gasteiger partial charge in [0.2, 0.25) is 5.91 Å². The van der Waals surface area contributed by atoms with Gasteiger partial charge in [0.1, 0.15) is 24.2 Å². The number of hydrogen-bond acceptors (Lipinski definition) is 5. The number of aromatic nitrogens is 1. The Kier molecular flexibility index (Phi) is 7.41. The Hall–Kier alpha value is -2.67. The maximum Gasteiger partial charge on any atom is 0.329 e. The molecule has 4 rings (SSSR count). The van der Waals surface area contributed by atoms with Crippen molar-refractivity contribution < 1.29 is 24.0 Å². The Balaban J connectivity index is 1.52. The third-order valence-electron chi connectivity index (χ3n) is 6.92. The summed E-state index contributed by atoms with van der Waals surface area (Å²) in [5.74, 6) is 1.72. The first kappa shape index (κ1) is 24.5. The molecule has 2 N–H and O–H groups in total. The molecule has 2 saturated carbocycles. The molecule has 1 amide bonds. The van der Waals surface area contributed by atoms with Gasteiger partial charge in [-0.15, -0.1) is 0 Å². The lowest BCUT2D eigenvalue weighted by Crippen LogP contribution is -2.24. The lowest BCUT2D eigenvalue weighted by molar-refractivity contribution is -0.145. The Morgan fingerprint density at radius 2 is 1.94 bits per heavy atom. The van der Waals surface area contributed by atoms with Crippen LogP contribution in [0.5, 0.6) is 0 Å². The van der Waals surface area contributed by atoms with E-state index < -0.39 is 18.7 Å². The number of nitrogens with zero attached hydrogens (tertiary/aromatic N) is 1. The standard InChI is InChI=1S/C27H36N2O5/c1-15(2)9-18-11-20(12-18)27-25(19-6-7-19)26(29-34-27)22(33-14-24(31)32)13-23(30)28-21-8-5-16(3)10-17(21)4/h5,8,10,15,18-20,22H,6-7,9,11-14H2,1-4H3,(H,28,30)(H,31,32). The van der Waals surface area contributed by atoms with E-state index in [9.17, 15) is 14.7 Å². The van der Waals surface area contributed by atoms with E-state index in [1.807, 2.05) is 32.0 Å². The van der Waals surface area contributed by atoms with Crippen molar-refractivity contribution in [2.24, 2.45) is 11.8 Å². The van der Waals surface area contributed by atoms with Crippen molar-refractivity contribution in [1.29, 1.82) is 0 Å². The maximum atomic E-state index is 12.9.